The number of carbonyl (C=O) groups is 1. The number of urea groups is 1. The van der Waals surface area contributed by atoms with Gasteiger partial charge in [-0.2, -0.15) is 8.78 Å². The quantitative estimate of drug-likeness (QED) is 0.595. The second-order valence-corrected chi connectivity index (χ2v) is 6.11. The third-order valence-corrected chi connectivity index (χ3v) is 4.00. The Labute approximate surface area is 164 Å². The molecule has 2 N–H and O–H groups in total. The van der Waals surface area contributed by atoms with E-state index in [0.717, 1.165) is 0 Å². The van der Waals surface area contributed by atoms with E-state index in [1.165, 1.54) is 24.5 Å². The van der Waals surface area contributed by atoms with Gasteiger partial charge in [-0.15, -0.1) is 0 Å². The second-order valence-electron chi connectivity index (χ2n) is 6.11. The molecule has 0 atom stereocenters. The van der Waals surface area contributed by atoms with Gasteiger partial charge in [-0.3, -0.25) is 0 Å². The van der Waals surface area contributed by atoms with Gasteiger partial charge in [0.25, 0.3) is 0 Å². The topological polar surface area (TPSA) is 76.4 Å². The minimum Gasteiger partial charge on any atom is -0.444 e. The van der Waals surface area contributed by atoms with Crippen molar-refractivity contribution in [1.29, 1.82) is 0 Å². The number of ether oxygens (including phenoxy) is 1. The van der Waals surface area contributed by atoms with Crippen molar-refractivity contribution < 1.29 is 27.1 Å². The Morgan fingerprint density at radius 3 is 2.69 bits per heavy atom. The molecule has 29 heavy (non-hydrogen) atoms. The fourth-order valence-electron chi connectivity index (χ4n) is 2.60. The van der Waals surface area contributed by atoms with Gasteiger partial charge in [-0.05, 0) is 42.8 Å². The van der Waals surface area contributed by atoms with E-state index >= 15 is 0 Å². The number of nitrogens with zero attached hydrogens (tertiary/aromatic N) is 1. The van der Waals surface area contributed by atoms with Gasteiger partial charge < -0.3 is 19.8 Å². The lowest BCUT2D eigenvalue weighted by atomic mass is 10.2. The van der Waals surface area contributed by atoms with Crippen LogP contribution in [0, 0.1) is 12.7 Å². The Morgan fingerprint density at radius 1 is 1.21 bits per heavy atom. The lowest BCUT2D eigenvalue weighted by Gasteiger charge is -2.14. The first kappa shape index (κ1) is 20.2. The van der Waals surface area contributed by atoms with Crippen LogP contribution in [0.1, 0.15) is 11.3 Å². The highest BCUT2D eigenvalue weighted by Crippen LogP contribution is 2.29. The Balaban J connectivity index is 1.54. The summed E-state index contributed by atoms with van der Waals surface area (Å²) in [4.78, 5) is 16.4. The zero-order chi connectivity index (χ0) is 20.8. The summed E-state index contributed by atoms with van der Waals surface area (Å²) in [6.45, 7) is -1.10. The summed E-state index contributed by atoms with van der Waals surface area (Å²) in [5.41, 5.74) is 1.99. The maximum atomic E-state index is 13.0. The van der Waals surface area contributed by atoms with E-state index in [9.17, 15) is 18.0 Å². The number of hydrogen-bond donors (Lipinski definition) is 2. The Morgan fingerprint density at radius 2 is 1.97 bits per heavy atom. The van der Waals surface area contributed by atoms with Gasteiger partial charge >= 0.3 is 12.6 Å². The van der Waals surface area contributed by atoms with Gasteiger partial charge in [-0.1, -0.05) is 12.1 Å². The smallest absolute Gasteiger partial charge is 0.387 e. The van der Waals surface area contributed by atoms with Crippen LogP contribution in [0.5, 0.6) is 5.75 Å². The molecule has 3 aromatic rings. The van der Waals surface area contributed by atoms with Gasteiger partial charge in [0.1, 0.15) is 17.8 Å². The van der Waals surface area contributed by atoms with E-state index in [1.54, 1.807) is 31.2 Å². The van der Waals surface area contributed by atoms with E-state index < -0.39 is 12.6 Å². The molecule has 1 aromatic heterocycles. The van der Waals surface area contributed by atoms with Crippen LogP contribution in [0.4, 0.5) is 23.7 Å². The van der Waals surface area contributed by atoms with Crippen LogP contribution in [0.15, 0.2) is 53.1 Å². The summed E-state index contributed by atoms with van der Waals surface area (Å²) in [7, 11) is 0. The van der Waals surface area contributed by atoms with E-state index in [-0.39, 0.29) is 23.8 Å². The molecule has 0 aliphatic carbocycles. The average molecular weight is 405 g/mol. The van der Waals surface area contributed by atoms with Crippen molar-refractivity contribution in [3.63, 3.8) is 0 Å². The number of alkyl halides is 2. The first-order valence-corrected chi connectivity index (χ1v) is 8.72. The molecule has 0 radical (unpaired) electrons. The first-order valence-electron chi connectivity index (χ1n) is 8.72. The highest BCUT2D eigenvalue weighted by Gasteiger charge is 2.14. The van der Waals surface area contributed by atoms with Crippen molar-refractivity contribution in [2.75, 3.05) is 11.9 Å². The van der Waals surface area contributed by atoms with Crippen LogP contribution < -0.4 is 15.4 Å². The summed E-state index contributed by atoms with van der Waals surface area (Å²) in [6, 6.07) is 9.72. The number of hydrogen-bond acceptors (Lipinski definition) is 4. The fourth-order valence-corrected chi connectivity index (χ4v) is 2.60. The molecule has 0 fully saturated rings. The number of para-hydroxylation sites is 1. The van der Waals surface area contributed by atoms with Crippen molar-refractivity contribution >= 4 is 11.7 Å². The summed E-state index contributed by atoms with van der Waals surface area (Å²) in [5, 5.41) is 5.14. The maximum Gasteiger partial charge on any atom is 0.387 e. The maximum absolute atomic E-state index is 13.0. The molecular weight excluding hydrogens is 387 g/mol. The molecular formula is C20H18F3N3O3. The van der Waals surface area contributed by atoms with Gasteiger partial charge in [0.05, 0.1) is 11.4 Å². The monoisotopic (exact) mass is 405 g/mol. The number of benzene rings is 2. The first-order chi connectivity index (χ1) is 13.9. The third kappa shape index (κ3) is 5.50. The van der Waals surface area contributed by atoms with Gasteiger partial charge in [-0.25, -0.2) is 14.2 Å². The van der Waals surface area contributed by atoms with Crippen LogP contribution in [0.3, 0.4) is 0 Å². The van der Waals surface area contributed by atoms with E-state index in [2.05, 4.69) is 20.4 Å². The van der Waals surface area contributed by atoms with Crippen molar-refractivity contribution in [2.45, 2.75) is 20.0 Å². The molecule has 152 valence electrons. The fraction of sp³-hybridized carbons (Fsp3) is 0.200. The number of amides is 2. The number of oxazole rings is 1. The molecule has 6 nitrogen and oxygen atoms in total. The number of aryl methyl sites for hydroxylation is 1. The van der Waals surface area contributed by atoms with Crippen molar-refractivity contribution in [2.24, 2.45) is 0 Å². The summed E-state index contributed by atoms with van der Waals surface area (Å²) >= 11 is 0. The Bertz CT molecular complexity index is 975. The second kappa shape index (κ2) is 9.13. The van der Waals surface area contributed by atoms with Crippen LogP contribution >= 0.6 is 0 Å². The molecule has 0 unspecified atom stereocenters. The summed E-state index contributed by atoms with van der Waals surface area (Å²) in [6.07, 6.45) is 1.83. The molecule has 0 spiro atoms. The number of anilines is 1. The number of aromatic nitrogens is 1. The normalized spacial score (nSPS) is 10.8. The Kier molecular flexibility index (Phi) is 6.38. The lowest BCUT2D eigenvalue weighted by Crippen LogP contribution is -2.31. The average Bonchev–Trinajstić information content (AvgIpc) is 3.13. The molecule has 9 heteroatoms. The zero-order valence-corrected chi connectivity index (χ0v) is 15.4. The van der Waals surface area contributed by atoms with Crippen LogP contribution in [0.25, 0.3) is 11.5 Å². The van der Waals surface area contributed by atoms with Gasteiger partial charge in [0.15, 0.2) is 0 Å². The minimum absolute atomic E-state index is 0.115. The van der Waals surface area contributed by atoms with Gasteiger partial charge in [0, 0.05) is 18.5 Å². The molecule has 3 rings (SSSR count). The number of rotatable bonds is 7. The standard InChI is InChI=1S/C20H18F3N3O3/c1-12-3-2-4-16(29-19(22)23)17(12)26-20(27)24-10-9-15-11-28-18(25-15)13-5-7-14(21)8-6-13/h2-8,11,19H,9-10H2,1H3,(H2,24,26,27). The largest absolute Gasteiger partial charge is 0.444 e. The van der Waals surface area contributed by atoms with Gasteiger partial charge in [0.2, 0.25) is 5.89 Å². The third-order valence-electron chi connectivity index (χ3n) is 4.00. The summed E-state index contributed by atoms with van der Waals surface area (Å²) < 4.78 is 47.8. The number of nitrogens with one attached hydrogen (secondary N) is 2. The van der Waals surface area contributed by atoms with E-state index in [4.69, 9.17) is 4.42 Å². The van der Waals surface area contributed by atoms with Crippen LogP contribution in [-0.4, -0.2) is 24.2 Å². The van der Waals surface area contributed by atoms with Crippen molar-refractivity contribution in [3.05, 3.63) is 65.8 Å². The van der Waals surface area contributed by atoms with Crippen molar-refractivity contribution in [1.82, 2.24) is 10.3 Å². The molecule has 2 amide bonds. The number of halogens is 3. The molecule has 1 heterocycles. The van der Waals surface area contributed by atoms with Crippen LogP contribution in [-0.2, 0) is 6.42 Å². The predicted molar refractivity (Wildman–Crippen MR) is 100 cm³/mol. The van der Waals surface area contributed by atoms with Crippen molar-refractivity contribution in [3.8, 4) is 17.2 Å². The zero-order valence-electron chi connectivity index (χ0n) is 15.4. The molecule has 0 bridgehead atoms. The SMILES string of the molecule is Cc1cccc(OC(F)F)c1NC(=O)NCCc1coc(-c2ccc(F)cc2)n1. The highest BCUT2D eigenvalue weighted by atomic mass is 19.3. The molecule has 0 saturated heterocycles. The predicted octanol–water partition coefficient (Wildman–Crippen LogP) is 4.75. The van der Waals surface area contributed by atoms with Crippen LogP contribution in [0.2, 0.25) is 0 Å². The molecule has 2 aromatic carbocycles. The molecule has 0 aliphatic rings. The Hall–Kier alpha value is -3.49. The molecule has 0 aliphatic heterocycles. The minimum atomic E-state index is -3.00. The van der Waals surface area contributed by atoms with E-state index in [0.29, 0.717) is 29.1 Å². The van der Waals surface area contributed by atoms with E-state index in [1.807, 2.05) is 0 Å². The highest BCUT2D eigenvalue weighted by molar-refractivity contribution is 5.91. The molecule has 0 saturated carbocycles. The lowest BCUT2D eigenvalue weighted by molar-refractivity contribution is -0.0493. The summed E-state index contributed by atoms with van der Waals surface area (Å²) in [5.74, 6) is -0.125. The number of carbonyl (C=O) groups excluding carboxylic acids is 1.